The Kier molecular flexibility index (Phi) is 8.00. The summed E-state index contributed by atoms with van der Waals surface area (Å²) in [5.41, 5.74) is 6.29. The molecule has 184 valence electrons. The van der Waals surface area contributed by atoms with E-state index in [0.717, 1.165) is 26.7 Å². The van der Waals surface area contributed by atoms with E-state index in [-0.39, 0.29) is 11.8 Å². The molecule has 1 heterocycles. The number of hydrogen-bond acceptors (Lipinski definition) is 3. The van der Waals surface area contributed by atoms with E-state index in [9.17, 15) is 9.59 Å². The van der Waals surface area contributed by atoms with Crippen molar-refractivity contribution in [2.75, 3.05) is 7.05 Å². The molecule has 1 aromatic heterocycles. The van der Waals surface area contributed by atoms with Crippen molar-refractivity contribution in [2.24, 2.45) is 0 Å². The highest BCUT2D eigenvalue weighted by Crippen LogP contribution is 2.22. The van der Waals surface area contributed by atoms with Gasteiger partial charge in [-0.1, -0.05) is 81.7 Å². The molecule has 0 aliphatic rings. The molecule has 1 atom stereocenters. The first-order chi connectivity index (χ1) is 17.3. The maximum atomic E-state index is 13.5. The van der Waals surface area contributed by atoms with Crippen molar-refractivity contribution >= 4 is 27.7 Å². The van der Waals surface area contributed by atoms with E-state index in [1.165, 1.54) is 5.56 Å². The molecular formula is C29H29BrN4O2. The van der Waals surface area contributed by atoms with E-state index in [1.54, 1.807) is 17.8 Å². The summed E-state index contributed by atoms with van der Waals surface area (Å²) < 4.78 is 2.62. The molecule has 36 heavy (non-hydrogen) atoms. The van der Waals surface area contributed by atoms with Crippen LogP contribution in [0, 0.1) is 13.8 Å². The van der Waals surface area contributed by atoms with Gasteiger partial charge in [-0.15, -0.1) is 0 Å². The van der Waals surface area contributed by atoms with Crippen LogP contribution in [0.4, 0.5) is 0 Å². The molecule has 2 amide bonds. The number of aryl methyl sites for hydroxylation is 2. The molecule has 0 bridgehead atoms. The Morgan fingerprint density at radius 3 is 2.36 bits per heavy atom. The fourth-order valence-corrected chi connectivity index (χ4v) is 4.49. The van der Waals surface area contributed by atoms with Crippen molar-refractivity contribution < 1.29 is 9.59 Å². The van der Waals surface area contributed by atoms with Crippen molar-refractivity contribution in [3.05, 3.63) is 111 Å². The Morgan fingerprint density at radius 2 is 1.67 bits per heavy atom. The van der Waals surface area contributed by atoms with Crippen LogP contribution >= 0.6 is 15.9 Å². The Morgan fingerprint density at radius 1 is 0.917 bits per heavy atom. The third-order valence-corrected chi connectivity index (χ3v) is 6.47. The highest BCUT2D eigenvalue weighted by Gasteiger charge is 2.24. The summed E-state index contributed by atoms with van der Waals surface area (Å²) in [7, 11) is 1.57. The van der Waals surface area contributed by atoms with Crippen LogP contribution in [0.15, 0.2) is 83.3 Å². The highest BCUT2D eigenvalue weighted by atomic mass is 79.9. The van der Waals surface area contributed by atoms with E-state index in [2.05, 4.69) is 26.6 Å². The van der Waals surface area contributed by atoms with E-state index in [4.69, 9.17) is 5.10 Å². The van der Waals surface area contributed by atoms with Crippen LogP contribution in [0.25, 0.3) is 11.3 Å². The molecule has 2 N–H and O–H groups in total. The van der Waals surface area contributed by atoms with Gasteiger partial charge < -0.3 is 10.6 Å². The number of carbonyl (C=O) groups is 2. The first-order valence-electron chi connectivity index (χ1n) is 11.8. The summed E-state index contributed by atoms with van der Waals surface area (Å²) in [4.78, 5) is 26.2. The van der Waals surface area contributed by atoms with Crippen molar-refractivity contribution in [1.29, 1.82) is 0 Å². The molecule has 0 aliphatic carbocycles. The van der Waals surface area contributed by atoms with Crippen molar-refractivity contribution in [3.8, 4) is 11.3 Å². The van der Waals surface area contributed by atoms with Gasteiger partial charge in [0.05, 0.1) is 12.2 Å². The normalized spacial score (nSPS) is 11.7. The van der Waals surface area contributed by atoms with Crippen LogP contribution < -0.4 is 10.6 Å². The molecule has 0 radical (unpaired) electrons. The number of carbonyl (C=O) groups excluding carboxylic acids is 2. The Bertz CT molecular complexity index is 1380. The zero-order valence-corrected chi connectivity index (χ0v) is 22.2. The van der Waals surface area contributed by atoms with E-state index < -0.39 is 6.04 Å². The van der Waals surface area contributed by atoms with Gasteiger partial charge in [0.25, 0.3) is 5.91 Å². The fourth-order valence-electron chi connectivity index (χ4n) is 4.05. The third kappa shape index (κ3) is 6.29. The number of nitrogens with zero attached hydrogens (tertiary/aromatic N) is 2. The average molecular weight is 545 g/mol. The predicted molar refractivity (Wildman–Crippen MR) is 146 cm³/mol. The molecule has 4 rings (SSSR count). The van der Waals surface area contributed by atoms with Crippen LogP contribution in [0.3, 0.4) is 0 Å². The van der Waals surface area contributed by atoms with E-state index in [1.807, 2.05) is 86.6 Å². The van der Waals surface area contributed by atoms with Gasteiger partial charge >= 0.3 is 0 Å². The summed E-state index contributed by atoms with van der Waals surface area (Å²) in [5, 5.41) is 10.4. The first kappa shape index (κ1) is 25.4. The summed E-state index contributed by atoms with van der Waals surface area (Å²) >= 11 is 3.47. The fraction of sp³-hybridized carbons (Fsp3) is 0.207. The van der Waals surface area contributed by atoms with Gasteiger partial charge in [0.2, 0.25) is 5.91 Å². The smallest absolute Gasteiger partial charge is 0.270 e. The monoisotopic (exact) mass is 544 g/mol. The highest BCUT2D eigenvalue weighted by molar-refractivity contribution is 9.10. The third-order valence-electron chi connectivity index (χ3n) is 5.98. The maximum absolute atomic E-state index is 13.5. The molecule has 3 aromatic carbocycles. The van der Waals surface area contributed by atoms with Crippen molar-refractivity contribution in [3.63, 3.8) is 0 Å². The predicted octanol–water partition coefficient (Wildman–Crippen LogP) is 5.06. The standard InChI is InChI=1S/C29H29BrN4O2/c1-19-10-12-21(13-11-19)18-34-27(17-25(33-34)23-8-4-6-20(2)14-23)29(36)32-26(28(35)31-3)16-22-7-5-9-24(30)15-22/h4-15,17,26H,16,18H2,1-3H3,(H,31,35)(H,32,36)/t26-/m0/s1. The topological polar surface area (TPSA) is 76.0 Å². The molecule has 0 saturated carbocycles. The second-order valence-corrected chi connectivity index (χ2v) is 9.82. The molecular weight excluding hydrogens is 516 g/mol. The summed E-state index contributed by atoms with van der Waals surface area (Å²) in [6, 6.07) is 24.9. The lowest BCUT2D eigenvalue weighted by Crippen LogP contribution is -2.47. The quantitative estimate of drug-likeness (QED) is 0.325. The molecule has 0 spiro atoms. The summed E-state index contributed by atoms with van der Waals surface area (Å²) in [6.07, 6.45) is 0.363. The van der Waals surface area contributed by atoms with Crippen LogP contribution in [0.5, 0.6) is 0 Å². The zero-order chi connectivity index (χ0) is 25.7. The maximum Gasteiger partial charge on any atom is 0.270 e. The SMILES string of the molecule is CNC(=O)[C@H](Cc1cccc(Br)c1)NC(=O)c1cc(-c2cccc(C)c2)nn1Cc1ccc(C)cc1. The number of rotatable bonds is 8. The van der Waals surface area contributed by atoms with Gasteiger partial charge in [0.15, 0.2) is 0 Å². The molecule has 4 aromatic rings. The van der Waals surface area contributed by atoms with Gasteiger partial charge in [-0.05, 0) is 49.2 Å². The van der Waals surface area contributed by atoms with Gasteiger partial charge in [-0.2, -0.15) is 5.10 Å². The lowest BCUT2D eigenvalue weighted by Gasteiger charge is -2.18. The lowest BCUT2D eigenvalue weighted by atomic mass is 10.0. The summed E-state index contributed by atoms with van der Waals surface area (Å²) in [6.45, 7) is 4.50. The first-order valence-corrected chi connectivity index (χ1v) is 12.6. The Labute approximate surface area is 219 Å². The second-order valence-electron chi connectivity index (χ2n) is 8.90. The molecule has 0 fully saturated rings. The van der Waals surface area contributed by atoms with Crippen LogP contribution in [-0.4, -0.2) is 34.7 Å². The average Bonchev–Trinajstić information content (AvgIpc) is 3.28. The Balaban J connectivity index is 1.66. The number of benzene rings is 3. The second kappa shape index (κ2) is 11.4. The van der Waals surface area contributed by atoms with Gasteiger partial charge in [0, 0.05) is 23.5 Å². The largest absolute Gasteiger partial charge is 0.357 e. The van der Waals surface area contributed by atoms with Gasteiger partial charge in [0.1, 0.15) is 11.7 Å². The number of aromatic nitrogens is 2. The molecule has 0 saturated heterocycles. The zero-order valence-electron chi connectivity index (χ0n) is 20.6. The number of likely N-dealkylation sites (N-methyl/N-ethyl adjacent to an activating group) is 1. The van der Waals surface area contributed by atoms with Crippen molar-refractivity contribution in [1.82, 2.24) is 20.4 Å². The van der Waals surface area contributed by atoms with Crippen molar-refractivity contribution in [2.45, 2.75) is 32.9 Å². The molecule has 7 heteroatoms. The number of halogens is 1. The van der Waals surface area contributed by atoms with E-state index in [0.29, 0.717) is 24.4 Å². The van der Waals surface area contributed by atoms with Crippen LogP contribution in [-0.2, 0) is 17.8 Å². The Hall–Kier alpha value is -3.71. The summed E-state index contributed by atoms with van der Waals surface area (Å²) in [5.74, 6) is -0.607. The van der Waals surface area contributed by atoms with Gasteiger partial charge in [-0.3, -0.25) is 14.3 Å². The van der Waals surface area contributed by atoms with E-state index >= 15 is 0 Å². The van der Waals surface area contributed by atoms with Crippen LogP contribution in [0.1, 0.15) is 32.7 Å². The minimum atomic E-state index is -0.734. The minimum Gasteiger partial charge on any atom is -0.357 e. The van der Waals surface area contributed by atoms with Gasteiger partial charge in [-0.25, -0.2) is 0 Å². The number of hydrogen-bond donors (Lipinski definition) is 2. The molecule has 0 unspecified atom stereocenters. The molecule has 0 aliphatic heterocycles. The number of nitrogens with one attached hydrogen (secondary N) is 2. The number of amides is 2. The van der Waals surface area contributed by atoms with Crippen LogP contribution in [0.2, 0.25) is 0 Å². The molecule has 6 nitrogen and oxygen atoms in total. The lowest BCUT2D eigenvalue weighted by molar-refractivity contribution is -0.122. The minimum absolute atomic E-state index is 0.258.